The molecule has 1 rings (SSSR count). The van der Waals surface area contributed by atoms with Gasteiger partial charge >= 0.3 is 0 Å². The quantitative estimate of drug-likeness (QED) is 0.487. The van der Waals surface area contributed by atoms with Crippen molar-refractivity contribution in [1.82, 2.24) is 4.90 Å². The fourth-order valence-corrected chi connectivity index (χ4v) is 1.80. The van der Waals surface area contributed by atoms with E-state index in [1.807, 2.05) is 0 Å². The van der Waals surface area contributed by atoms with Gasteiger partial charge in [0.2, 0.25) is 0 Å². The molecule has 0 radical (unpaired) electrons. The van der Waals surface area contributed by atoms with Crippen LogP contribution in [0.15, 0.2) is 22.7 Å². The lowest BCUT2D eigenvalue weighted by Crippen LogP contribution is -2.31. The second-order valence-electron chi connectivity index (χ2n) is 3.45. The average molecular weight is 311 g/mol. The van der Waals surface area contributed by atoms with E-state index in [0.717, 1.165) is 0 Å². The first-order chi connectivity index (χ1) is 8.51. The van der Waals surface area contributed by atoms with Crippen LogP contribution in [0.1, 0.15) is 17.3 Å². The maximum Gasteiger partial charge on any atom is 0.284 e. The molecule has 0 N–H and O–H groups in total. The lowest BCUT2D eigenvalue weighted by Gasteiger charge is -2.17. The van der Waals surface area contributed by atoms with Gasteiger partial charge in [0.1, 0.15) is 0 Å². The molecule has 5 nitrogen and oxygen atoms in total. The van der Waals surface area contributed by atoms with Crippen LogP contribution in [-0.4, -0.2) is 28.8 Å². The van der Waals surface area contributed by atoms with Crippen LogP contribution in [0.5, 0.6) is 0 Å². The zero-order chi connectivity index (χ0) is 13.7. The molecule has 0 bridgehead atoms. The Labute approximate surface area is 113 Å². The molecule has 0 aromatic heterocycles. The van der Waals surface area contributed by atoms with Crippen molar-refractivity contribution in [3.05, 3.63) is 38.3 Å². The molecular formula is C12H11BrN2O3. The maximum atomic E-state index is 12.0. The summed E-state index contributed by atoms with van der Waals surface area (Å²) in [4.78, 5) is 23.7. The number of rotatable bonds is 4. The molecule has 6 heteroatoms. The molecule has 0 unspecified atom stereocenters. The first-order valence-electron chi connectivity index (χ1n) is 5.18. The van der Waals surface area contributed by atoms with Gasteiger partial charge in [0.05, 0.1) is 15.9 Å². The second kappa shape index (κ2) is 6.17. The van der Waals surface area contributed by atoms with Crippen LogP contribution in [-0.2, 0) is 0 Å². The summed E-state index contributed by atoms with van der Waals surface area (Å²) >= 11 is 3.07. The number of nitrogens with zero attached hydrogens (tertiary/aromatic N) is 2. The van der Waals surface area contributed by atoms with Crippen LogP contribution in [0.3, 0.4) is 0 Å². The fraction of sp³-hybridized carbons (Fsp3) is 0.250. The van der Waals surface area contributed by atoms with E-state index in [1.54, 1.807) is 6.92 Å². The Morgan fingerprint density at radius 1 is 1.61 bits per heavy atom. The second-order valence-corrected chi connectivity index (χ2v) is 4.30. The average Bonchev–Trinajstić information content (AvgIpc) is 2.35. The summed E-state index contributed by atoms with van der Waals surface area (Å²) in [7, 11) is 0. The summed E-state index contributed by atoms with van der Waals surface area (Å²) in [5.41, 5.74) is 0.111. The molecule has 0 aliphatic rings. The number of carbonyl (C=O) groups excluding carboxylic acids is 1. The highest BCUT2D eigenvalue weighted by Crippen LogP contribution is 2.26. The number of terminal acetylenes is 1. The van der Waals surface area contributed by atoms with Crippen LogP contribution in [0.2, 0.25) is 0 Å². The van der Waals surface area contributed by atoms with E-state index < -0.39 is 4.92 Å². The van der Waals surface area contributed by atoms with Crippen molar-refractivity contribution in [2.24, 2.45) is 0 Å². The van der Waals surface area contributed by atoms with Crippen molar-refractivity contribution in [2.45, 2.75) is 6.92 Å². The van der Waals surface area contributed by atoms with E-state index >= 15 is 0 Å². The van der Waals surface area contributed by atoms with E-state index in [2.05, 4.69) is 21.9 Å². The number of halogens is 1. The maximum absolute atomic E-state index is 12.0. The van der Waals surface area contributed by atoms with Crippen molar-refractivity contribution in [2.75, 3.05) is 13.1 Å². The Bertz CT molecular complexity index is 523. The predicted molar refractivity (Wildman–Crippen MR) is 71.2 cm³/mol. The van der Waals surface area contributed by atoms with Gasteiger partial charge in [0.25, 0.3) is 11.6 Å². The van der Waals surface area contributed by atoms with Gasteiger partial charge in [-0.15, -0.1) is 6.42 Å². The summed E-state index contributed by atoms with van der Waals surface area (Å²) in [6.45, 7) is 2.43. The van der Waals surface area contributed by atoms with Gasteiger partial charge in [-0.1, -0.05) is 5.92 Å². The van der Waals surface area contributed by atoms with Gasteiger partial charge < -0.3 is 4.90 Å². The third-order valence-electron chi connectivity index (χ3n) is 2.34. The van der Waals surface area contributed by atoms with Gasteiger partial charge in [-0.05, 0) is 35.0 Å². The molecule has 0 spiro atoms. The summed E-state index contributed by atoms with van der Waals surface area (Å²) < 4.78 is 0.337. The first kappa shape index (κ1) is 14.2. The molecule has 18 heavy (non-hydrogen) atoms. The number of hydrogen-bond acceptors (Lipinski definition) is 3. The fourth-order valence-electron chi connectivity index (χ4n) is 1.41. The van der Waals surface area contributed by atoms with Crippen LogP contribution < -0.4 is 0 Å². The largest absolute Gasteiger partial charge is 0.328 e. The van der Waals surface area contributed by atoms with Gasteiger partial charge in [-0.25, -0.2) is 0 Å². The summed E-state index contributed by atoms with van der Waals surface area (Å²) in [6, 6.07) is 4.25. The van der Waals surface area contributed by atoms with Crippen LogP contribution in [0.4, 0.5) is 5.69 Å². The predicted octanol–water partition coefficient (Wildman–Crippen LogP) is 2.45. The van der Waals surface area contributed by atoms with Crippen molar-refractivity contribution in [3.63, 3.8) is 0 Å². The summed E-state index contributed by atoms with van der Waals surface area (Å²) in [6.07, 6.45) is 5.16. The Morgan fingerprint density at radius 3 is 2.78 bits per heavy atom. The summed E-state index contributed by atoms with van der Waals surface area (Å²) in [5.74, 6) is 2.07. The van der Waals surface area contributed by atoms with E-state index in [9.17, 15) is 14.9 Å². The highest BCUT2D eigenvalue weighted by Gasteiger charge is 2.18. The topological polar surface area (TPSA) is 63.5 Å². The number of amides is 1. The van der Waals surface area contributed by atoms with E-state index in [1.165, 1.54) is 23.1 Å². The number of carbonyl (C=O) groups is 1. The standard InChI is InChI=1S/C12H11BrN2O3/c1-3-7-14(4-2)12(16)9-5-6-10(13)11(8-9)15(17)18/h1,5-6,8H,4,7H2,2H3. The minimum Gasteiger partial charge on any atom is -0.328 e. The van der Waals surface area contributed by atoms with Crippen LogP contribution >= 0.6 is 15.9 Å². The van der Waals surface area contributed by atoms with Crippen molar-refractivity contribution < 1.29 is 9.72 Å². The third kappa shape index (κ3) is 3.08. The Balaban J connectivity index is 3.11. The van der Waals surface area contributed by atoms with Gasteiger partial charge in [0.15, 0.2) is 0 Å². The molecular weight excluding hydrogens is 300 g/mol. The van der Waals surface area contributed by atoms with Gasteiger partial charge in [-0.2, -0.15) is 0 Å². The SMILES string of the molecule is C#CCN(CC)C(=O)c1ccc(Br)c([N+](=O)[O-])c1. The zero-order valence-electron chi connectivity index (χ0n) is 9.72. The zero-order valence-corrected chi connectivity index (χ0v) is 11.3. The van der Waals surface area contributed by atoms with E-state index in [-0.39, 0.29) is 23.7 Å². The van der Waals surface area contributed by atoms with Gasteiger partial charge in [0, 0.05) is 18.2 Å². The minimum absolute atomic E-state index is 0.141. The molecule has 1 aromatic carbocycles. The molecule has 0 heterocycles. The smallest absolute Gasteiger partial charge is 0.284 e. The number of nitro benzene ring substituents is 1. The number of hydrogen-bond donors (Lipinski definition) is 0. The van der Waals surface area contributed by atoms with Crippen LogP contribution in [0, 0.1) is 22.5 Å². The van der Waals surface area contributed by atoms with Crippen molar-refractivity contribution >= 4 is 27.5 Å². The molecule has 0 saturated carbocycles. The summed E-state index contributed by atoms with van der Waals surface area (Å²) in [5, 5.41) is 10.8. The van der Waals surface area contributed by atoms with Crippen molar-refractivity contribution in [3.8, 4) is 12.3 Å². The highest BCUT2D eigenvalue weighted by atomic mass is 79.9. The minimum atomic E-state index is -0.543. The Hall–Kier alpha value is -1.87. The molecule has 0 aliphatic carbocycles. The Morgan fingerprint density at radius 2 is 2.28 bits per heavy atom. The normalized spacial score (nSPS) is 9.61. The van der Waals surface area contributed by atoms with Crippen molar-refractivity contribution in [1.29, 1.82) is 0 Å². The molecule has 0 atom stereocenters. The Kier molecular flexibility index (Phi) is 4.86. The lowest BCUT2D eigenvalue weighted by atomic mass is 10.1. The number of benzene rings is 1. The molecule has 1 amide bonds. The molecule has 0 aliphatic heterocycles. The highest BCUT2D eigenvalue weighted by molar-refractivity contribution is 9.10. The molecule has 0 saturated heterocycles. The molecule has 94 valence electrons. The lowest BCUT2D eigenvalue weighted by molar-refractivity contribution is -0.385. The third-order valence-corrected chi connectivity index (χ3v) is 3.01. The van der Waals surface area contributed by atoms with E-state index in [4.69, 9.17) is 6.42 Å². The molecule has 1 aromatic rings. The van der Waals surface area contributed by atoms with Crippen LogP contribution in [0.25, 0.3) is 0 Å². The van der Waals surface area contributed by atoms with E-state index in [0.29, 0.717) is 11.0 Å². The van der Waals surface area contributed by atoms with Gasteiger partial charge in [-0.3, -0.25) is 14.9 Å². The monoisotopic (exact) mass is 310 g/mol. The number of nitro groups is 1. The molecule has 0 fully saturated rings. The first-order valence-corrected chi connectivity index (χ1v) is 5.97.